The van der Waals surface area contributed by atoms with E-state index in [0.717, 1.165) is 52.0 Å². The highest BCUT2D eigenvalue weighted by Gasteiger charge is 2.27. The molecule has 0 spiro atoms. The maximum Gasteiger partial charge on any atom is 0.415 e. The van der Waals surface area contributed by atoms with Crippen molar-refractivity contribution < 1.29 is 18.7 Å². The molecule has 0 aliphatic carbocycles. The van der Waals surface area contributed by atoms with Crippen molar-refractivity contribution in [3.05, 3.63) is 34.5 Å². The molecule has 10 heteroatoms. The summed E-state index contributed by atoms with van der Waals surface area (Å²) in [5.74, 6) is -0.799. The minimum Gasteiger partial charge on any atom is -0.409 e. The van der Waals surface area contributed by atoms with E-state index < -0.39 is 11.9 Å². The number of nitrogens with one attached hydrogen (secondary N) is 1. The number of thioether (sulfide) groups is 1. The van der Waals surface area contributed by atoms with Crippen LogP contribution in [-0.2, 0) is 4.79 Å². The van der Waals surface area contributed by atoms with Crippen molar-refractivity contribution in [3.8, 4) is 5.75 Å². The molecule has 1 aromatic carbocycles. The number of amides is 2. The molecule has 3 rings (SSSR count). The van der Waals surface area contributed by atoms with E-state index in [9.17, 15) is 14.0 Å². The van der Waals surface area contributed by atoms with Gasteiger partial charge in [-0.2, -0.15) is 4.99 Å². The first-order valence-electron chi connectivity index (χ1n) is 12.0. The van der Waals surface area contributed by atoms with Gasteiger partial charge in [0.25, 0.3) is 5.91 Å². The van der Waals surface area contributed by atoms with Crippen molar-refractivity contribution in [1.29, 1.82) is 0 Å². The van der Waals surface area contributed by atoms with Gasteiger partial charge < -0.3 is 14.5 Å². The van der Waals surface area contributed by atoms with Crippen LogP contribution in [0.25, 0.3) is 6.08 Å². The fraction of sp³-hybridized carbons (Fsp3) is 0.542. The number of rotatable bonds is 9. The zero-order valence-electron chi connectivity index (χ0n) is 20.2. The second-order valence-corrected chi connectivity index (χ2v) is 9.10. The van der Waals surface area contributed by atoms with Crippen LogP contribution in [0.4, 0.5) is 9.18 Å². The SMILES string of the molecule is CCN(CC)CCCN(CC)C(=O)Oc1cc(F)ccc1/C=C1\SC(N2CCCCN2)=NC1=O. The fourth-order valence-corrected chi connectivity index (χ4v) is 4.69. The monoisotopic (exact) mass is 491 g/mol. The lowest BCUT2D eigenvalue weighted by atomic mass is 10.2. The summed E-state index contributed by atoms with van der Waals surface area (Å²) in [6, 6.07) is 3.96. The molecule has 0 atom stereocenters. The Balaban J connectivity index is 1.68. The van der Waals surface area contributed by atoms with Crippen molar-refractivity contribution in [2.24, 2.45) is 4.99 Å². The number of benzene rings is 1. The predicted octanol–water partition coefficient (Wildman–Crippen LogP) is 3.95. The molecular formula is C24H34FN5O3S. The zero-order valence-corrected chi connectivity index (χ0v) is 21.0. The van der Waals surface area contributed by atoms with Gasteiger partial charge in [-0.3, -0.25) is 9.80 Å². The third kappa shape index (κ3) is 7.04. The average molecular weight is 492 g/mol. The van der Waals surface area contributed by atoms with Crippen molar-refractivity contribution in [2.45, 2.75) is 40.0 Å². The van der Waals surface area contributed by atoms with Crippen LogP contribution in [0.5, 0.6) is 5.75 Å². The van der Waals surface area contributed by atoms with Crippen LogP contribution >= 0.6 is 11.8 Å². The van der Waals surface area contributed by atoms with Gasteiger partial charge in [0.1, 0.15) is 11.6 Å². The van der Waals surface area contributed by atoms with Gasteiger partial charge in [-0.1, -0.05) is 13.8 Å². The number of ether oxygens (including phenoxy) is 1. The lowest BCUT2D eigenvalue weighted by molar-refractivity contribution is -0.113. The highest BCUT2D eigenvalue weighted by Crippen LogP contribution is 2.33. The molecule has 2 heterocycles. The van der Waals surface area contributed by atoms with Crippen molar-refractivity contribution in [3.63, 3.8) is 0 Å². The van der Waals surface area contributed by atoms with Crippen LogP contribution in [0.1, 0.15) is 45.6 Å². The Morgan fingerprint density at radius 2 is 2.03 bits per heavy atom. The Labute approximate surface area is 205 Å². The Kier molecular flexibility index (Phi) is 9.91. The molecule has 34 heavy (non-hydrogen) atoms. The summed E-state index contributed by atoms with van der Waals surface area (Å²) in [6.45, 7) is 11.6. The summed E-state index contributed by atoms with van der Waals surface area (Å²) in [7, 11) is 0. The average Bonchev–Trinajstić information content (AvgIpc) is 3.21. The van der Waals surface area contributed by atoms with E-state index in [1.54, 1.807) is 11.0 Å². The molecule has 0 unspecified atom stereocenters. The maximum atomic E-state index is 14.0. The number of carbonyl (C=O) groups is 2. The van der Waals surface area contributed by atoms with E-state index in [-0.39, 0.29) is 11.7 Å². The van der Waals surface area contributed by atoms with Crippen molar-refractivity contribution >= 4 is 35.0 Å². The van der Waals surface area contributed by atoms with Crippen LogP contribution in [0, 0.1) is 5.82 Å². The molecule has 1 aromatic rings. The predicted molar refractivity (Wildman–Crippen MR) is 134 cm³/mol. The van der Waals surface area contributed by atoms with E-state index in [1.807, 2.05) is 11.9 Å². The first kappa shape index (κ1) is 26.2. The van der Waals surface area contributed by atoms with E-state index >= 15 is 0 Å². The number of amidine groups is 1. The van der Waals surface area contributed by atoms with Gasteiger partial charge in [-0.25, -0.2) is 14.6 Å². The van der Waals surface area contributed by atoms with Crippen molar-refractivity contribution in [2.75, 3.05) is 45.8 Å². The summed E-state index contributed by atoms with van der Waals surface area (Å²) in [4.78, 5) is 33.7. The Hall–Kier alpha value is -2.43. The van der Waals surface area contributed by atoms with Crippen LogP contribution in [0.15, 0.2) is 28.1 Å². The molecule has 2 aliphatic rings. The van der Waals surface area contributed by atoms with E-state index in [1.165, 1.54) is 30.0 Å². The molecule has 0 radical (unpaired) electrons. The molecule has 186 valence electrons. The van der Waals surface area contributed by atoms with E-state index in [4.69, 9.17) is 4.74 Å². The molecule has 0 bridgehead atoms. The lowest BCUT2D eigenvalue weighted by Crippen LogP contribution is -2.45. The molecule has 2 aliphatic heterocycles. The van der Waals surface area contributed by atoms with Crippen molar-refractivity contribution in [1.82, 2.24) is 20.2 Å². The number of nitrogens with zero attached hydrogens (tertiary/aromatic N) is 4. The standard InChI is InChI=1S/C24H34FN5O3S/c1-4-28(5-2)13-9-14-29(6-3)24(32)33-20-17-19(25)11-10-18(20)16-21-22(31)27-23(34-21)30-15-8-7-12-26-30/h10-11,16-17,26H,4-9,12-15H2,1-3H3/b21-16-. The van der Waals surface area contributed by atoms with Gasteiger partial charge in [0, 0.05) is 37.8 Å². The highest BCUT2D eigenvalue weighted by molar-refractivity contribution is 8.18. The van der Waals surface area contributed by atoms with Crippen LogP contribution in [0.3, 0.4) is 0 Å². The Morgan fingerprint density at radius 1 is 1.24 bits per heavy atom. The molecule has 1 fully saturated rings. The fourth-order valence-electron chi connectivity index (χ4n) is 3.78. The Morgan fingerprint density at radius 3 is 2.71 bits per heavy atom. The van der Waals surface area contributed by atoms with E-state index in [0.29, 0.717) is 28.7 Å². The van der Waals surface area contributed by atoms with Gasteiger partial charge in [0.05, 0.1) is 4.91 Å². The quantitative estimate of drug-likeness (QED) is 0.524. The second-order valence-electron chi connectivity index (χ2n) is 8.09. The summed E-state index contributed by atoms with van der Waals surface area (Å²) in [6.07, 6.45) is 4.00. The summed E-state index contributed by atoms with van der Waals surface area (Å²) >= 11 is 1.26. The number of carbonyl (C=O) groups excluding carboxylic acids is 2. The number of halogens is 1. The summed E-state index contributed by atoms with van der Waals surface area (Å²) < 4.78 is 19.6. The molecule has 1 N–H and O–H groups in total. The lowest BCUT2D eigenvalue weighted by Gasteiger charge is -2.28. The number of hydrogen-bond acceptors (Lipinski definition) is 7. The summed E-state index contributed by atoms with van der Waals surface area (Å²) in [5.41, 5.74) is 3.69. The number of hydrazine groups is 1. The van der Waals surface area contributed by atoms with Gasteiger partial charge in [0.2, 0.25) is 0 Å². The highest BCUT2D eigenvalue weighted by atomic mass is 32.2. The van der Waals surface area contributed by atoms with Crippen LogP contribution in [-0.4, -0.2) is 77.8 Å². The van der Waals surface area contributed by atoms with Gasteiger partial charge in [0.15, 0.2) is 5.17 Å². The maximum absolute atomic E-state index is 14.0. The minimum absolute atomic E-state index is 0.0811. The summed E-state index contributed by atoms with van der Waals surface area (Å²) in [5, 5.41) is 2.48. The zero-order chi connectivity index (χ0) is 24.5. The Bertz CT molecular complexity index is 929. The second kappa shape index (κ2) is 12.9. The normalized spacial score (nSPS) is 17.4. The van der Waals surface area contributed by atoms with Gasteiger partial charge in [-0.15, -0.1) is 0 Å². The molecule has 0 aromatic heterocycles. The third-order valence-electron chi connectivity index (χ3n) is 5.85. The van der Waals surface area contributed by atoms with Crippen LogP contribution in [0.2, 0.25) is 0 Å². The molecule has 2 amide bonds. The molecule has 1 saturated heterocycles. The first-order chi connectivity index (χ1) is 16.4. The molecular weight excluding hydrogens is 457 g/mol. The molecule has 8 nitrogen and oxygen atoms in total. The van der Waals surface area contributed by atoms with Gasteiger partial charge >= 0.3 is 6.09 Å². The minimum atomic E-state index is -0.535. The first-order valence-corrected chi connectivity index (χ1v) is 12.8. The topological polar surface area (TPSA) is 77.5 Å². The number of aliphatic imine (C=N–C) groups is 1. The number of hydrogen-bond donors (Lipinski definition) is 1. The van der Waals surface area contributed by atoms with Gasteiger partial charge in [-0.05, 0) is 75.8 Å². The molecule has 0 saturated carbocycles. The van der Waals surface area contributed by atoms with Crippen LogP contribution < -0.4 is 10.2 Å². The third-order valence-corrected chi connectivity index (χ3v) is 6.85. The van der Waals surface area contributed by atoms with E-state index in [2.05, 4.69) is 29.2 Å². The largest absolute Gasteiger partial charge is 0.415 e. The smallest absolute Gasteiger partial charge is 0.409 e.